The molecule has 3 heteroatoms. The van der Waals surface area contributed by atoms with E-state index in [1.54, 1.807) is 0 Å². The van der Waals surface area contributed by atoms with Gasteiger partial charge in [0.1, 0.15) is 11.5 Å². The summed E-state index contributed by atoms with van der Waals surface area (Å²) >= 11 is 0. The van der Waals surface area contributed by atoms with E-state index in [9.17, 15) is 0 Å². The highest BCUT2D eigenvalue weighted by Crippen LogP contribution is 2.62. The summed E-state index contributed by atoms with van der Waals surface area (Å²) in [6, 6.07) is 60.0. The molecule has 2 heterocycles. The van der Waals surface area contributed by atoms with Crippen molar-refractivity contribution in [2.45, 2.75) is 5.41 Å². The first-order valence-corrected chi connectivity index (χ1v) is 16.3. The lowest BCUT2D eigenvalue weighted by atomic mass is 9.66. The summed E-state index contributed by atoms with van der Waals surface area (Å²) in [6.07, 6.45) is 0. The molecule has 224 valence electrons. The quantitative estimate of drug-likeness (QED) is 0.199. The van der Waals surface area contributed by atoms with Crippen LogP contribution in [0.3, 0.4) is 0 Å². The third-order valence-electron chi connectivity index (χ3n) is 9.95. The van der Waals surface area contributed by atoms with Gasteiger partial charge in [-0.2, -0.15) is 0 Å². The SMILES string of the molecule is c1ccc(-c2cc(-c3ccc4ccccc4c3)nc(-c3ccc4c(c3)Oc3ccccc3C43c4ccccc4-c4ccccc43)n2)cc1. The lowest BCUT2D eigenvalue weighted by Gasteiger charge is -2.39. The molecular formula is C45H28N2O. The molecule has 48 heavy (non-hydrogen) atoms. The summed E-state index contributed by atoms with van der Waals surface area (Å²) in [4.78, 5) is 10.3. The summed E-state index contributed by atoms with van der Waals surface area (Å²) in [5.41, 5.74) is 11.6. The van der Waals surface area contributed by atoms with Gasteiger partial charge in [0.2, 0.25) is 0 Å². The number of hydrogen-bond donors (Lipinski definition) is 0. The van der Waals surface area contributed by atoms with Crippen LogP contribution in [-0.4, -0.2) is 9.97 Å². The smallest absolute Gasteiger partial charge is 0.160 e. The van der Waals surface area contributed by atoms with Crippen molar-refractivity contribution in [2.75, 3.05) is 0 Å². The lowest BCUT2D eigenvalue weighted by molar-refractivity contribution is 0.436. The minimum absolute atomic E-state index is 0.501. The zero-order valence-corrected chi connectivity index (χ0v) is 26.0. The second-order valence-corrected chi connectivity index (χ2v) is 12.5. The first-order chi connectivity index (χ1) is 23.8. The molecule has 0 radical (unpaired) electrons. The fourth-order valence-corrected chi connectivity index (χ4v) is 7.83. The fraction of sp³-hybridized carbons (Fsp3) is 0.0222. The monoisotopic (exact) mass is 612 g/mol. The van der Waals surface area contributed by atoms with Crippen LogP contribution in [0, 0.1) is 0 Å². The van der Waals surface area contributed by atoms with Gasteiger partial charge in [-0.3, -0.25) is 0 Å². The van der Waals surface area contributed by atoms with Gasteiger partial charge in [0.05, 0.1) is 16.8 Å². The van der Waals surface area contributed by atoms with Gasteiger partial charge in [-0.1, -0.05) is 146 Å². The van der Waals surface area contributed by atoms with Crippen LogP contribution in [0.4, 0.5) is 0 Å². The zero-order valence-electron chi connectivity index (χ0n) is 26.0. The number of hydrogen-bond acceptors (Lipinski definition) is 3. The van der Waals surface area contributed by atoms with Gasteiger partial charge in [0.15, 0.2) is 5.82 Å². The third-order valence-corrected chi connectivity index (χ3v) is 9.95. The first-order valence-electron chi connectivity index (χ1n) is 16.3. The van der Waals surface area contributed by atoms with Crippen molar-refractivity contribution in [3.63, 3.8) is 0 Å². The number of fused-ring (bicyclic) bond motifs is 10. The molecule has 8 aromatic rings. The van der Waals surface area contributed by atoms with Crippen molar-refractivity contribution < 1.29 is 4.74 Å². The maximum Gasteiger partial charge on any atom is 0.160 e. The topological polar surface area (TPSA) is 35.0 Å². The summed E-state index contributed by atoms with van der Waals surface area (Å²) in [6.45, 7) is 0. The van der Waals surface area contributed by atoms with E-state index >= 15 is 0 Å². The zero-order chi connectivity index (χ0) is 31.7. The number of nitrogens with zero attached hydrogens (tertiary/aromatic N) is 2. The van der Waals surface area contributed by atoms with Crippen LogP contribution in [0.1, 0.15) is 22.3 Å². The van der Waals surface area contributed by atoms with Crippen LogP contribution in [0.5, 0.6) is 11.5 Å². The van der Waals surface area contributed by atoms with Gasteiger partial charge < -0.3 is 4.74 Å². The summed E-state index contributed by atoms with van der Waals surface area (Å²) in [5, 5.41) is 2.38. The van der Waals surface area contributed by atoms with E-state index in [1.807, 2.05) is 18.2 Å². The Hall–Kier alpha value is -6.32. The number of ether oxygens (including phenoxy) is 1. The maximum atomic E-state index is 6.78. The van der Waals surface area contributed by atoms with E-state index < -0.39 is 5.41 Å². The second-order valence-electron chi connectivity index (χ2n) is 12.5. The highest BCUT2D eigenvalue weighted by molar-refractivity contribution is 5.90. The Labute approximate surface area is 278 Å². The van der Waals surface area contributed by atoms with Crippen molar-refractivity contribution in [2.24, 2.45) is 0 Å². The highest BCUT2D eigenvalue weighted by Gasteiger charge is 2.50. The van der Waals surface area contributed by atoms with E-state index in [-0.39, 0.29) is 0 Å². The van der Waals surface area contributed by atoms with Crippen molar-refractivity contribution in [1.82, 2.24) is 9.97 Å². The van der Waals surface area contributed by atoms with E-state index in [1.165, 1.54) is 33.0 Å². The molecule has 2 aliphatic rings. The van der Waals surface area contributed by atoms with Crippen LogP contribution in [0.2, 0.25) is 0 Å². The molecule has 0 saturated carbocycles. The number of aromatic nitrogens is 2. The van der Waals surface area contributed by atoms with Gasteiger partial charge in [0.25, 0.3) is 0 Å². The molecule has 0 saturated heterocycles. The first kappa shape index (κ1) is 26.9. The Kier molecular flexibility index (Phi) is 5.79. The van der Waals surface area contributed by atoms with Gasteiger partial charge in [-0.05, 0) is 57.3 Å². The Balaban J connectivity index is 1.19. The summed E-state index contributed by atoms with van der Waals surface area (Å²) < 4.78 is 6.78. The predicted molar refractivity (Wildman–Crippen MR) is 193 cm³/mol. The summed E-state index contributed by atoms with van der Waals surface area (Å²) in [7, 11) is 0. The van der Waals surface area contributed by atoms with Gasteiger partial charge in [-0.15, -0.1) is 0 Å². The molecule has 0 bridgehead atoms. The van der Waals surface area contributed by atoms with Crippen molar-refractivity contribution in [1.29, 1.82) is 0 Å². The fourth-order valence-electron chi connectivity index (χ4n) is 7.83. The standard InChI is InChI=1S/C45H28N2O/c1-2-13-30(14-3-1)40-28-41(32-23-22-29-12-4-5-15-31(29)26-32)47-44(46-40)33-24-25-39-43(27-33)48-42-21-11-10-20-38(42)45(39)36-18-8-6-16-34(36)35-17-7-9-19-37(35)45/h1-28H. The molecular weight excluding hydrogens is 585 g/mol. The van der Waals surface area contributed by atoms with Crippen LogP contribution in [-0.2, 0) is 5.41 Å². The predicted octanol–water partition coefficient (Wildman–Crippen LogP) is 11.1. The molecule has 1 aliphatic heterocycles. The molecule has 1 aromatic heterocycles. The molecule has 1 aliphatic carbocycles. The Morgan fingerprint density at radius 1 is 0.375 bits per heavy atom. The number of benzene rings is 7. The highest BCUT2D eigenvalue weighted by atomic mass is 16.5. The van der Waals surface area contributed by atoms with Crippen LogP contribution in [0.15, 0.2) is 170 Å². The van der Waals surface area contributed by atoms with Crippen LogP contribution in [0.25, 0.3) is 55.8 Å². The van der Waals surface area contributed by atoms with Crippen molar-refractivity contribution >= 4 is 10.8 Å². The normalized spacial score (nSPS) is 13.3. The maximum absolute atomic E-state index is 6.78. The second kappa shape index (κ2) is 10.3. The van der Waals surface area contributed by atoms with Gasteiger partial charge >= 0.3 is 0 Å². The van der Waals surface area contributed by atoms with E-state index in [2.05, 4.69) is 152 Å². The molecule has 0 atom stereocenters. The Morgan fingerprint density at radius 2 is 0.958 bits per heavy atom. The molecule has 0 unspecified atom stereocenters. The molecule has 0 amide bonds. The van der Waals surface area contributed by atoms with Gasteiger partial charge in [0, 0.05) is 27.8 Å². The Bertz CT molecular complexity index is 2510. The lowest BCUT2D eigenvalue weighted by Crippen LogP contribution is -2.32. The van der Waals surface area contributed by atoms with Crippen LogP contribution >= 0.6 is 0 Å². The van der Waals surface area contributed by atoms with E-state index in [0.717, 1.165) is 50.7 Å². The van der Waals surface area contributed by atoms with E-state index in [0.29, 0.717) is 5.82 Å². The van der Waals surface area contributed by atoms with Crippen molar-refractivity contribution in [3.8, 4) is 56.5 Å². The average molecular weight is 613 g/mol. The third kappa shape index (κ3) is 3.88. The summed E-state index contributed by atoms with van der Waals surface area (Å²) in [5.74, 6) is 2.34. The molecule has 7 aromatic carbocycles. The minimum atomic E-state index is -0.501. The molecule has 1 spiro atoms. The average Bonchev–Trinajstić information content (AvgIpc) is 3.45. The number of para-hydroxylation sites is 1. The molecule has 0 N–H and O–H groups in total. The molecule has 0 fully saturated rings. The van der Waals surface area contributed by atoms with Crippen molar-refractivity contribution in [3.05, 3.63) is 192 Å². The molecule has 3 nitrogen and oxygen atoms in total. The minimum Gasteiger partial charge on any atom is -0.457 e. The van der Waals surface area contributed by atoms with E-state index in [4.69, 9.17) is 14.7 Å². The Morgan fingerprint density at radius 3 is 1.73 bits per heavy atom. The van der Waals surface area contributed by atoms with Gasteiger partial charge in [-0.25, -0.2) is 9.97 Å². The van der Waals surface area contributed by atoms with Crippen LogP contribution < -0.4 is 4.74 Å². The largest absolute Gasteiger partial charge is 0.457 e. The molecule has 10 rings (SSSR count). The number of rotatable bonds is 3.